The molecule has 1 aliphatic heterocycles. The number of sulfone groups is 1. The number of nitrogens with two attached hydrogens (primary N) is 1. The van der Waals surface area contributed by atoms with E-state index in [-0.39, 0.29) is 25.9 Å². The molecule has 0 bridgehead atoms. The molecule has 1 saturated heterocycles. The number of aliphatic hydroxyl groups is 1. The quantitative estimate of drug-likeness (QED) is 0.313. The Bertz CT molecular complexity index is 1180. The Kier molecular flexibility index (Phi) is 9.08. The number of nitrogens with zero attached hydrogens (tertiary/aromatic N) is 2. The predicted octanol–water partition coefficient (Wildman–Crippen LogP) is -0.0421. The fourth-order valence-electron chi connectivity index (χ4n) is 4.31. The number of piperidine rings is 1. The largest absolute Gasteiger partial charge is 0.393 e. The number of benzene rings is 1. The Morgan fingerprint density at radius 3 is 2.41 bits per heavy atom. The maximum absolute atomic E-state index is 13.6. The topological polar surface area (TPSA) is 176 Å². The molecule has 0 saturated carbocycles. The van der Waals surface area contributed by atoms with Gasteiger partial charge in [-0.1, -0.05) is 30.3 Å². The Labute approximate surface area is 216 Å². The van der Waals surface area contributed by atoms with Gasteiger partial charge in [-0.2, -0.15) is 0 Å². The highest BCUT2D eigenvalue weighted by atomic mass is 32.2. The normalized spacial score (nSPS) is 16.7. The zero-order valence-electron chi connectivity index (χ0n) is 21.1. The summed E-state index contributed by atoms with van der Waals surface area (Å²) >= 11 is 0. The smallest absolute Gasteiger partial charge is 0.243 e. The minimum atomic E-state index is -4.14. The lowest BCUT2D eigenvalue weighted by molar-refractivity contribution is -0.135. The lowest BCUT2D eigenvalue weighted by Crippen LogP contribution is -2.55. The third-order valence-corrected chi connectivity index (χ3v) is 9.37. The first-order valence-electron chi connectivity index (χ1n) is 12.2. The van der Waals surface area contributed by atoms with Gasteiger partial charge in [-0.15, -0.1) is 0 Å². The molecule has 3 amide bonds. The number of hydrogen-bond acceptors (Lipinski definition) is 7. The lowest BCUT2D eigenvalue weighted by Gasteiger charge is -2.36. The van der Waals surface area contributed by atoms with Gasteiger partial charge < -0.3 is 26.0 Å². The highest BCUT2D eigenvalue weighted by Gasteiger charge is 2.46. The maximum atomic E-state index is 13.6. The van der Waals surface area contributed by atoms with E-state index in [1.54, 1.807) is 30.3 Å². The van der Waals surface area contributed by atoms with Crippen LogP contribution in [0.4, 0.5) is 0 Å². The summed E-state index contributed by atoms with van der Waals surface area (Å²) in [6.45, 7) is 3.22. The van der Waals surface area contributed by atoms with Crippen LogP contribution >= 0.6 is 0 Å². The third-order valence-electron chi connectivity index (χ3n) is 6.80. The first-order valence-corrected chi connectivity index (χ1v) is 13.9. The van der Waals surface area contributed by atoms with Crippen molar-refractivity contribution in [3.63, 3.8) is 0 Å². The molecule has 0 radical (unpaired) electrons. The van der Waals surface area contributed by atoms with Crippen LogP contribution in [0.25, 0.3) is 0 Å². The summed E-state index contributed by atoms with van der Waals surface area (Å²) in [5, 5.41) is 12.3. The minimum absolute atomic E-state index is 0.0661. The number of primary amides is 1. The van der Waals surface area contributed by atoms with Crippen molar-refractivity contribution in [1.29, 1.82) is 0 Å². The van der Waals surface area contributed by atoms with Gasteiger partial charge in [-0.25, -0.2) is 13.4 Å². The number of hydrogen-bond donors (Lipinski definition) is 4. The summed E-state index contributed by atoms with van der Waals surface area (Å²) in [4.78, 5) is 46.8. The molecule has 1 aromatic heterocycles. The van der Waals surface area contributed by atoms with Crippen LogP contribution in [0, 0.1) is 5.92 Å². The van der Waals surface area contributed by atoms with Crippen molar-refractivity contribution in [1.82, 2.24) is 20.2 Å². The first-order chi connectivity index (χ1) is 17.4. The van der Waals surface area contributed by atoms with Gasteiger partial charge in [-0.05, 0) is 38.7 Å². The molecule has 1 unspecified atom stereocenters. The van der Waals surface area contributed by atoms with Crippen molar-refractivity contribution in [3.8, 4) is 0 Å². The standard InChI is InChI=1S/C25H35N5O6S/c1-25(2,24(34)30-10-8-20(31)9-11-30)37(35,36)15-18(12-17-6-4-3-5-7-17)23(33)29-21(22(26)32)13-19-14-27-16-28-19/h3-7,14,16,18,20-21,31H,8-13,15H2,1-2H3,(H2,26,32)(H,27,28)(H,29,33)/t18-,21?/m1/s1. The molecule has 2 atom stereocenters. The average molecular weight is 534 g/mol. The van der Waals surface area contributed by atoms with Gasteiger partial charge in [0.2, 0.25) is 17.7 Å². The number of nitrogens with one attached hydrogen (secondary N) is 2. The van der Waals surface area contributed by atoms with Crippen molar-refractivity contribution in [2.24, 2.45) is 11.7 Å². The second-order valence-electron chi connectivity index (χ2n) is 9.95. The third kappa shape index (κ3) is 7.16. The predicted molar refractivity (Wildman–Crippen MR) is 137 cm³/mol. The summed E-state index contributed by atoms with van der Waals surface area (Å²) in [5.74, 6) is -3.66. The molecular formula is C25H35N5O6S. The molecule has 12 heteroatoms. The lowest BCUT2D eigenvalue weighted by atomic mass is 9.99. The van der Waals surface area contributed by atoms with E-state index < -0.39 is 56.1 Å². The van der Waals surface area contributed by atoms with Crippen molar-refractivity contribution in [2.45, 2.75) is 56.4 Å². The van der Waals surface area contributed by atoms with Gasteiger partial charge in [0, 0.05) is 31.4 Å². The zero-order valence-corrected chi connectivity index (χ0v) is 21.9. The van der Waals surface area contributed by atoms with Crippen molar-refractivity contribution in [2.75, 3.05) is 18.8 Å². The summed E-state index contributed by atoms with van der Waals surface area (Å²) in [6, 6.07) is 7.84. The molecule has 1 aliphatic rings. The maximum Gasteiger partial charge on any atom is 0.243 e. The summed E-state index contributed by atoms with van der Waals surface area (Å²) in [5.41, 5.74) is 6.82. The Morgan fingerprint density at radius 2 is 1.84 bits per heavy atom. The Morgan fingerprint density at radius 1 is 1.19 bits per heavy atom. The number of H-pyrrole nitrogens is 1. The fraction of sp³-hybridized carbons (Fsp3) is 0.520. The van der Waals surface area contributed by atoms with Crippen LogP contribution < -0.4 is 11.1 Å². The molecule has 37 heavy (non-hydrogen) atoms. The number of imidazole rings is 1. The van der Waals surface area contributed by atoms with Crippen LogP contribution in [0.5, 0.6) is 0 Å². The number of amides is 3. The highest BCUT2D eigenvalue weighted by molar-refractivity contribution is 7.93. The van der Waals surface area contributed by atoms with Crippen molar-refractivity contribution in [3.05, 3.63) is 54.1 Å². The number of aromatic nitrogens is 2. The number of carbonyl (C=O) groups is 3. The molecule has 202 valence electrons. The van der Waals surface area contributed by atoms with Crippen molar-refractivity contribution >= 4 is 27.6 Å². The van der Waals surface area contributed by atoms with Gasteiger partial charge in [-0.3, -0.25) is 14.4 Å². The summed E-state index contributed by atoms with van der Waals surface area (Å²) in [6.07, 6.45) is 3.34. The van der Waals surface area contributed by atoms with Crippen LogP contribution in [-0.4, -0.2) is 81.8 Å². The van der Waals surface area contributed by atoms with Crippen LogP contribution in [0.15, 0.2) is 42.9 Å². The Balaban J connectivity index is 1.82. The molecule has 2 heterocycles. The zero-order chi connectivity index (χ0) is 27.2. The number of aromatic amines is 1. The molecule has 3 rings (SSSR count). The number of aliphatic hydroxyl groups excluding tert-OH is 1. The van der Waals surface area contributed by atoms with Gasteiger partial charge in [0.25, 0.3) is 0 Å². The molecule has 0 spiro atoms. The van der Waals surface area contributed by atoms with E-state index in [0.717, 1.165) is 5.56 Å². The first kappa shape index (κ1) is 28.3. The van der Waals surface area contributed by atoms with E-state index in [0.29, 0.717) is 18.5 Å². The van der Waals surface area contributed by atoms with E-state index in [1.165, 1.54) is 31.3 Å². The monoisotopic (exact) mass is 533 g/mol. The van der Waals surface area contributed by atoms with E-state index in [1.807, 2.05) is 0 Å². The SMILES string of the molecule is CC(C)(C(=O)N1CCC(O)CC1)S(=O)(=O)C[C@@H](Cc1ccccc1)C(=O)NC(Cc1cnc[nH]1)C(N)=O. The number of rotatable bonds is 11. The fourth-order valence-corrected chi connectivity index (χ4v) is 5.92. The molecule has 1 aromatic carbocycles. The average Bonchev–Trinajstić information content (AvgIpc) is 3.36. The summed E-state index contributed by atoms with van der Waals surface area (Å²) < 4.78 is 25.4. The number of likely N-dealkylation sites (tertiary alicyclic amines) is 1. The molecule has 11 nitrogen and oxygen atoms in total. The van der Waals surface area contributed by atoms with Gasteiger partial charge >= 0.3 is 0 Å². The van der Waals surface area contributed by atoms with Crippen LogP contribution in [0.1, 0.15) is 37.9 Å². The molecule has 5 N–H and O–H groups in total. The summed E-state index contributed by atoms with van der Waals surface area (Å²) in [7, 11) is -4.14. The molecular weight excluding hydrogens is 498 g/mol. The van der Waals surface area contributed by atoms with Crippen LogP contribution in [0.2, 0.25) is 0 Å². The van der Waals surface area contributed by atoms with Crippen molar-refractivity contribution < 1.29 is 27.9 Å². The molecule has 2 aromatic rings. The van der Waals surface area contributed by atoms with Gasteiger partial charge in [0.05, 0.1) is 24.1 Å². The molecule has 0 aliphatic carbocycles. The van der Waals surface area contributed by atoms with E-state index in [4.69, 9.17) is 5.73 Å². The minimum Gasteiger partial charge on any atom is -0.393 e. The highest BCUT2D eigenvalue weighted by Crippen LogP contribution is 2.26. The van der Waals surface area contributed by atoms with Gasteiger partial charge in [0.1, 0.15) is 10.8 Å². The second-order valence-corrected chi connectivity index (χ2v) is 12.5. The van der Waals surface area contributed by atoms with Gasteiger partial charge in [0.15, 0.2) is 9.84 Å². The second kappa shape index (κ2) is 11.9. The van der Waals surface area contributed by atoms with Crippen LogP contribution in [0.3, 0.4) is 0 Å². The molecule has 1 fully saturated rings. The van der Waals surface area contributed by atoms with E-state index in [9.17, 15) is 27.9 Å². The Hall–Kier alpha value is -3.25. The van der Waals surface area contributed by atoms with E-state index in [2.05, 4.69) is 15.3 Å². The van der Waals surface area contributed by atoms with E-state index >= 15 is 0 Å². The number of carbonyl (C=O) groups excluding carboxylic acids is 3. The van der Waals surface area contributed by atoms with Crippen LogP contribution in [-0.2, 0) is 37.1 Å².